The summed E-state index contributed by atoms with van der Waals surface area (Å²) in [5, 5.41) is 8.39. The summed E-state index contributed by atoms with van der Waals surface area (Å²) < 4.78 is 1.35. The smallest absolute Gasteiger partial charge is 0.274 e. The molecule has 0 spiro atoms. The SMILES string of the molecule is C[C@H](NC(=O)c1nn(Cc2ccccc2)c(=O)c2ccccc12)c1cccnc1. The van der Waals surface area contributed by atoms with Crippen molar-refractivity contribution >= 4 is 16.7 Å². The minimum absolute atomic E-state index is 0.221. The minimum atomic E-state index is -0.334. The summed E-state index contributed by atoms with van der Waals surface area (Å²) in [5.41, 5.74) is 1.84. The Labute approximate surface area is 167 Å². The van der Waals surface area contributed by atoms with Gasteiger partial charge in [0.05, 0.1) is 18.0 Å². The predicted molar refractivity (Wildman–Crippen MR) is 112 cm³/mol. The Bertz CT molecular complexity index is 1200. The fraction of sp³-hybridized carbons (Fsp3) is 0.130. The second-order valence-corrected chi connectivity index (χ2v) is 6.82. The number of nitrogens with zero attached hydrogens (tertiary/aromatic N) is 3. The highest BCUT2D eigenvalue weighted by atomic mass is 16.2. The van der Waals surface area contributed by atoms with Crippen LogP contribution in [0.4, 0.5) is 0 Å². The largest absolute Gasteiger partial charge is 0.344 e. The highest BCUT2D eigenvalue weighted by molar-refractivity contribution is 6.04. The monoisotopic (exact) mass is 384 g/mol. The van der Waals surface area contributed by atoms with E-state index in [9.17, 15) is 9.59 Å². The van der Waals surface area contributed by atoms with Crippen molar-refractivity contribution in [3.8, 4) is 0 Å². The first-order chi connectivity index (χ1) is 14.1. The molecule has 6 heteroatoms. The van der Waals surface area contributed by atoms with Gasteiger partial charge in [0.25, 0.3) is 11.5 Å². The summed E-state index contributed by atoms with van der Waals surface area (Å²) in [4.78, 5) is 30.1. The maximum Gasteiger partial charge on any atom is 0.274 e. The minimum Gasteiger partial charge on any atom is -0.344 e. The van der Waals surface area contributed by atoms with Gasteiger partial charge in [-0.1, -0.05) is 54.6 Å². The first kappa shape index (κ1) is 18.6. The molecule has 0 unspecified atom stereocenters. The molecule has 2 aromatic carbocycles. The Morgan fingerprint density at radius 1 is 1.00 bits per heavy atom. The van der Waals surface area contributed by atoms with Crippen molar-refractivity contribution in [1.29, 1.82) is 0 Å². The number of benzene rings is 2. The standard InChI is InChI=1S/C23H20N4O2/c1-16(18-10-7-13-24-14-18)25-22(28)21-19-11-5-6-12-20(19)23(29)27(26-21)15-17-8-3-2-4-9-17/h2-14,16H,15H2,1H3,(H,25,28)/t16-/m0/s1. The van der Waals surface area contributed by atoms with E-state index in [1.165, 1.54) is 4.68 Å². The van der Waals surface area contributed by atoms with E-state index in [1.54, 1.807) is 36.7 Å². The van der Waals surface area contributed by atoms with Crippen LogP contribution in [0.1, 0.15) is 34.6 Å². The Hall–Kier alpha value is -3.80. The summed E-state index contributed by atoms with van der Waals surface area (Å²) in [7, 11) is 0. The molecule has 1 atom stereocenters. The van der Waals surface area contributed by atoms with E-state index in [2.05, 4.69) is 15.4 Å². The van der Waals surface area contributed by atoms with Crippen LogP contribution in [0.25, 0.3) is 10.8 Å². The maximum atomic E-state index is 13.0. The highest BCUT2D eigenvalue weighted by Gasteiger charge is 2.19. The molecular weight excluding hydrogens is 364 g/mol. The third kappa shape index (κ3) is 3.91. The zero-order chi connectivity index (χ0) is 20.2. The number of pyridine rings is 1. The number of nitrogens with one attached hydrogen (secondary N) is 1. The fourth-order valence-corrected chi connectivity index (χ4v) is 3.25. The molecule has 1 amide bonds. The van der Waals surface area contributed by atoms with Crippen molar-refractivity contribution in [2.75, 3.05) is 0 Å². The number of carbonyl (C=O) groups is 1. The number of fused-ring (bicyclic) bond motifs is 1. The number of hydrogen-bond acceptors (Lipinski definition) is 4. The van der Waals surface area contributed by atoms with Crippen molar-refractivity contribution in [1.82, 2.24) is 20.1 Å². The first-order valence-corrected chi connectivity index (χ1v) is 9.38. The van der Waals surface area contributed by atoms with Crippen LogP contribution in [0.15, 0.2) is 83.9 Å². The van der Waals surface area contributed by atoms with Crippen LogP contribution in [0.3, 0.4) is 0 Å². The molecule has 0 fully saturated rings. The van der Waals surface area contributed by atoms with Crippen LogP contribution in [0.5, 0.6) is 0 Å². The average Bonchev–Trinajstić information content (AvgIpc) is 2.77. The van der Waals surface area contributed by atoms with Crippen LogP contribution in [0.2, 0.25) is 0 Å². The fourth-order valence-electron chi connectivity index (χ4n) is 3.25. The van der Waals surface area contributed by atoms with Gasteiger partial charge in [0.1, 0.15) is 0 Å². The lowest BCUT2D eigenvalue weighted by Crippen LogP contribution is -2.32. The summed E-state index contributed by atoms with van der Waals surface area (Å²) in [6.07, 6.45) is 3.40. The van der Waals surface area contributed by atoms with E-state index < -0.39 is 0 Å². The molecular formula is C23H20N4O2. The van der Waals surface area contributed by atoms with Crippen molar-refractivity contribution in [3.05, 3.63) is 106 Å². The molecule has 0 saturated heterocycles. The first-order valence-electron chi connectivity index (χ1n) is 9.38. The van der Waals surface area contributed by atoms with Gasteiger partial charge in [0, 0.05) is 17.8 Å². The van der Waals surface area contributed by atoms with Gasteiger partial charge in [0.15, 0.2) is 5.69 Å². The predicted octanol–water partition coefficient (Wildman–Crippen LogP) is 3.33. The van der Waals surface area contributed by atoms with E-state index in [4.69, 9.17) is 0 Å². The van der Waals surface area contributed by atoms with Crippen LogP contribution in [-0.2, 0) is 6.54 Å². The molecule has 29 heavy (non-hydrogen) atoms. The number of aromatic nitrogens is 3. The van der Waals surface area contributed by atoms with Crippen LogP contribution < -0.4 is 10.9 Å². The molecule has 0 aliphatic heterocycles. The van der Waals surface area contributed by atoms with Crippen LogP contribution in [0, 0.1) is 0 Å². The second-order valence-electron chi connectivity index (χ2n) is 6.82. The molecule has 0 aliphatic carbocycles. The molecule has 2 aromatic heterocycles. The molecule has 0 aliphatic rings. The van der Waals surface area contributed by atoms with Gasteiger partial charge < -0.3 is 5.32 Å². The zero-order valence-electron chi connectivity index (χ0n) is 15.9. The third-order valence-electron chi connectivity index (χ3n) is 4.79. The number of carbonyl (C=O) groups excluding carboxylic acids is 1. The van der Waals surface area contributed by atoms with Gasteiger partial charge in [0.2, 0.25) is 0 Å². The molecule has 2 heterocycles. The topological polar surface area (TPSA) is 76.9 Å². The number of amides is 1. The average molecular weight is 384 g/mol. The molecule has 0 radical (unpaired) electrons. The normalized spacial score (nSPS) is 11.9. The zero-order valence-corrected chi connectivity index (χ0v) is 15.9. The number of hydrogen-bond donors (Lipinski definition) is 1. The molecule has 4 rings (SSSR count). The lowest BCUT2D eigenvalue weighted by molar-refractivity contribution is 0.0934. The summed E-state index contributed by atoms with van der Waals surface area (Å²) in [6, 6.07) is 20.1. The van der Waals surface area contributed by atoms with E-state index >= 15 is 0 Å². The lowest BCUT2D eigenvalue weighted by atomic mass is 10.1. The van der Waals surface area contributed by atoms with Gasteiger partial charge in [-0.2, -0.15) is 5.10 Å². The Morgan fingerprint density at radius 3 is 2.45 bits per heavy atom. The van der Waals surface area contributed by atoms with Gasteiger partial charge in [-0.05, 0) is 30.2 Å². The van der Waals surface area contributed by atoms with Gasteiger partial charge in [-0.25, -0.2) is 4.68 Å². The quantitative estimate of drug-likeness (QED) is 0.573. The van der Waals surface area contributed by atoms with E-state index in [0.717, 1.165) is 11.1 Å². The third-order valence-corrected chi connectivity index (χ3v) is 4.79. The van der Waals surface area contributed by atoms with Crippen molar-refractivity contribution < 1.29 is 4.79 Å². The van der Waals surface area contributed by atoms with Crippen molar-refractivity contribution in [2.24, 2.45) is 0 Å². The van der Waals surface area contributed by atoms with Crippen LogP contribution in [-0.4, -0.2) is 20.7 Å². The number of rotatable bonds is 5. The molecule has 144 valence electrons. The summed E-state index contributed by atoms with van der Waals surface area (Å²) in [6.45, 7) is 2.18. The van der Waals surface area contributed by atoms with Gasteiger partial charge in [-0.15, -0.1) is 0 Å². The molecule has 0 bridgehead atoms. The Kier molecular flexibility index (Phi) is 5.16. The molecule has 1 N–H and O–H groups in total. The van der Waals surface area contributed by atoms with Gasteiger partial charge in [-0.3, -0.25) is 14.6 Å². The van der Waals surface area contributed by atoms with E-state index in [-0.39, 0.29) is 23.2 Å². The second kappa shape index (κ2) is 8.06. The lowest BCUT2D eigenvalue weighted by Gasteiger charge is -2.15. The molecule has 0 saturated carbocycles. The van der Waals surface area contributed by atoms with Gasteiger partial charge >= 0.3 is 0 Å². The van der Waals surface area contributed by atoms with Crippen molar-refractivity contribution in [2.45, 2.75) is 19.5 Å². The summed E-state index contributed by atoms with van der Waals surface area (Å²) >= 11 is 0. The summed E-state index contributed by atoms with van der Waals surface area (Å²) in [5.74, 6) is -0.334. The van der Waals surface area contributed by atoms with Crippen LogP contribution >= 0.6 is 0 Å². The molecule has 6 nitrogen and oxygen atoms in total. The Morgan fingerprint density at radius 2 is 1.72 bits per heavy atom. The van der Waals surface area contributed by atoms with E-state index in [0.29, 0.717) is 17.3 Å². The van der Waals surface area contributed by atoms with Crippen molar-refractivity contribution in [3.63, 3.8) is 0 Å². The Balaban J connectivity index is 1.74. The van der Waals surface area contributed by atoms with E-state index in [1.807, 2.05) is 49.4 Å². The maximum absolute atomic E-state index is 13.0. The highest BCUT2D eigenvalue weighted by Crippen LogP contribution is 2.16. The molecule has 4 aromatic rings.